The summed E-state index contributed by atoms with van der Waals surface area (Å²) >= 11 is 0. The van der Waals surface area contributed by atoms with Gasteiger partial charge in [-0.25, -0.2) is 0 Å². The Bertz CT molecular complexity index is 247. The van der Waals surface area contributed by atoms with E-state index in [9.17, 15) is 4.79 Å². The third kappa shape index (κ3) is 3.80. The Labute approximate surface area is 106 Å². The van der Waals surface area contributed by atoms with Gasteiger partial charge in [0.25, 0.3) is 0 Å². The van der Waals surface area contributed by atoms with Crippen molar-refractivity contribution >= 4 is 5.78 Å². The Balaban J connectivity index is 1.80. The van der Waals surface area contributed by atoms with Crippen LogP contribution in [0.2, 0.25) is 0 Å². The maximum Gasteiger partial charge on any atom is 0.137 e. The average Bonchev–Trinajstić information content (AvgIpc) is 2.47. The smallest absolute Gasteiger partial charge is 0.137 e. The summed E-state index contributed by atoms with van der Waals surface area (Å²) < 4.78 is 0. The lowest BCUT2D eigenvalue weighted by Crippen LogP contribution is -2.37. The second-order valence-electron chi connectivity index (χ2n) is 5.91. The Morgan fingerprint density at radius 1 is 1.06 bits per heavy atom. The molecule has 2 saturated carbocycles. The number of hydrogen-bond acceptors (Lipinski definition) is 2. The van der Waals surface area contributed by atoms with E-state index in [4.69, 9.17) is 0 Å². The molecule has 2 nitrogen and oxygen atoms in total. The van der Waals surface area contributed by atoms with Crippen LogP contribution in [-0.4, -0.2) is 30.3 Å². The van der Waals surface area contributed by atoms with Gasteiger partial charge in [-0.2, -0.15) is 0 Å². The van der Waals surface area contributed by atoms with E-state index < -0.39 is 0 Å². The highest BCUT2D eigenvalue weighted by molar-refractivity contribution is 5.81. The van der Waals surface area contributed by atoms with Crippen LogP contribution in [0.25, 0.3) is 0 Å². The molecular formula is C15H27NO. The van der Waals surface area contributed by atoms with Gasteiger partial charge in [-0.1, -0.05) is 26.2 Å². The first-order valence-electron chi connectivity index (χ1n) is 7.54. The van der Waals surface area contributed by atoms with Gasteiger partial charge in [0.15, 0.2) is 0 Å². The summed E-state index contributed by atoms with van der Waals surface area (Å²) in [5, 5.41) is 0. The normalized spacial score (nSPS) is 26.9. The maximum absolute atomic E-state index is 12.0. The standard InChI is InChI=1S/C15H27NO/c1-2-16(11-13-7-6-8-13)12-14-9-4-3-5-10-15(14)17/h13-14H,2-12H2,1H3. The Hall–Kier alpha value is -0.370. The van der Waals surface area contributed by atoms with Gasteiger partial charge in [-0.3, -0.25) is 4.79 Å². The van der Waals surface area contributed by atoms with Crippen LogP contribution in [0, 0.1) is 11.8 Å². The number of ketones is 1. The fourth-order valence-electron chi connectivity index (χ4n) is 3.11. The number of nitrogens with zero attached hydrogens (tertiary/aromatic N) is 1. The first kappa shape index (κ1) is 13.1. The summed E-state index contributed by atoms with van der Waals surface area (Å²) in [6.45, 7) is 5.62. The molecule has 2 aliphatic carbocycles. The SMILES string of the molecule is CCN(CC1CCC1)CC1CCCCCC1=O. The average molecular weight is 237 g/mol. The predicted octanol–water partition coefficient (Wildman–Crippen LogP) is 3.26. The van der Waals surface area contributed by atoms with Gasteiger partial charge in [0.1, 0.15) is 5.78 Å². The number of hydrogen-bond donors (Lipinski definition) is 0. The topological polar surface area (TPSA) is 20.3 Å². The summed E-state index contributed by atoms with van der Waals surface area (Å²) in [7, 11) is 0. The minimum Gasteiger partial charge on any atom is -0.303 e. The molecule has 0 bridgehead atoms. The fourth-order valence-corrected chi connectivity index (χ4v) is 3.11. The molecule has 2 aliphatic rings. The van der Waals surface area contributed by atoms with Crippen LogP contribution in [0.5, 0.6) is 0 Å². The molecule has 0 aliphatic heterocycles. The molecule has 2 rings (SSSR count). The lowest BCUT2D eigenvalue weighted by Gasteiger charge is -2.33. The summed E-state index contributed by atoms with van der Waals surface area (Å²) in [5.74, 6) is 1.81. The van der Waals surface area contributed by atoms with Crippen molar-refractivity contribution < 1.29 is 4.79 Å². The Morgan fingerprint density at radius 3 is 2.53 bits per heavy atom. The molecule has 0 amide bonds. The molecule has 1 atom stereocenters. The van der Waals surface area contributed by atoms with Crippen molar-refractivity contribution in [2.24, 2.45) is 11.8 Å². The molecule has 0 N–H and O–H groups in total. The van der Waals surface area contributed by atoms with Crippen LogP contribution < -0.4 is 0 Å². The van der Waals surface area contributed by atoms with Crippen LogP contribution in [0.15, 0.2) is 0 Å². The molecule has 0 aromatic heterocycles. The van der Waals surface area contributed by atoms with Gasteiger partial charge in [0.05, 0.1) is 0 Å². The molecule has 0 saturated heterocycles. The maximum atomic E-state index is 12.0. The zero-order valence-corrected chi connectivity index (χ0v) is 11.3. The van der Waals surface area contributed by atoms with Crippen molar-refractivity contribution in [3.05, 3.63) is 0 Å². The van der Waals surface area contributed by atoms with Gasteiger partial charge in [0, 0.05) is 25.4 Å². The fraction of sp³-hybridized carbons (Fsp3) is 0.933. The van der Waals surface area contributed by atoms with E-state index in [2.05, 4.69) is 11.8 Å². The van der Waals surface area contributed by atoms with Crippen molar-refractivity contribution in [2.45, 2.75) is 58.3 Å². The van der Waals surface area contributed by atoms with Crippen molar-refractivity contribution in [1.82, 2.24) is 4.90 Å². The second kappa shape index (κ2) is 6.53. The number of Topliss-reactive ketones (excluding diaryl/α,β-unsaturated/α-hetero) is 1. The minimum absolute atomic E-state index is 0.345. The lowest BCUT2D eigenvalue weighted by atomic mass is 9.85. The highest BCUT2D eigenvalue weighted by Gasteiger charge is 2.25. The van der Waals surface area contributed by atoms with Gasteiger partial charge in [0.2, 0.25) is 0 Å². The van der Waals surface area contributed by atoms with E-state index >= 15 is 0 Å². The zero-order valence-electron chi connectivity index (χ0n) is 11.3. The van der Waals surface area contributed by atoms with Crippen molar-refractivity contribution in [3.63, 3.8) is 0 Å². The third-order valence-electron chi connectivity index (χ3n) is 4.60. The predicted molar refractivity (Wildman–Crippen MR) is 71.0 cm³/mol. The van der Waals surface area contributed by atoms with E-state index in [1.54, 1.807) is 0 Å². The highest BCUT2D eigenvalue weighted by Crippen LogP contribution is 2.28. The Kier molecular flexibility index (Phi) is 5.02. The van der Waals surface area contributed by atoms with Gasteiger partial charge in [-0.15, -0.1) is 0 Å². The molecule has 1 unspecified atom stereocenters. The number of carbonyl (C=O) groups is 1. The second-order valence-corrected chi connectivity index (χ2v) is 5.91. The van der Waals surface area contributed by atoms with Gasteiger partial charge < -0.3 is 4.90 Å². The largest absolute Gasteiger partial charge is 0.303 e. The number of carbonyl (C=O) groups excluding carboxylic acids is 1. The third-order valence-corrected chi connectivity index (χ3v) is 4.60. The first-order valence-corrected chi connectivity index (χ1v) is 7.54. The van der Waals surface area contributed by atoms with Gasteiger partial charge >= 0.3 is 0 Å². The minimum atomic E-state index is 0.345. The summed E-state index contributed by atoms with van der Waals surface area (Å²) in [4.78, 5) is 14.5. The molecule has 17 heavy (non-hydrogen) atoms. The van der Waals surface area contributed by atoms with Crippen LogP contribution in [0.1, 0.15) is 58.3 Å². The summed E-state index contributed by atoms with van der Waals surface area (Å²) in [6.07, 6.45) is 9.87. The van der Waals surface area contributed by atoms with Crippen LogP contribution in [0.4, 0.5) is 0 Å². The molecule has 2 fully saturated rings. The number of rotatable bonds is 5. The monoisotopic (exact) mass is 237 g/mol. The van der Waals surface area contributed by atoms with Crippen molar-refractivity contribution in [1.29, 1.82) is 0 Å². The van der Waals surface area contributed by atoms with E-state index in [-0.39, 0.29) is 0 Å². The molecule has 98 valence electrons. The molecular weight excluding hydrogens is 210 g/mol. The van der Waals surface area contributed by atoms with E-state index in [1.807, 2.05) is 0 Å². The first-order chi connectivity index (χ1) is 8.29. The van der Waals surface area contributed by atoms with Crippen LogP contribution in [-0.2, 0) is 4.79 Å². The summed E-state index contributed by atoms with van der Waals surface area (Å²) in [6, 6.07) is 0. The van der Waals surface area contributed by atoms with E-state index in [0.29, 0.717) is 11.7 Å². The molecule has 0 aromatic rings. The Morgan fingerprint density at radius 2 is 1.88 bits per heavy atom. The quantitative estimate of drug-likeness (QED) is 0.684. The highest BCUT2D eigenvalue weighted by atomic mass is 16.1. The zero-order chi connectivity index (χ0) is 12.1. The molecule has 0 spiro atoms. The van der Waals surface area contributed by atoms with Crippen LogP contribution >= 0.6 is 0 Å². The molecule has 0 radical (unpaired) electrons. The molecule has 0 heterocycles. The van der Waals surface area contributed by atoms with Crippen LogP contribution in [0.3, 0.4) is 0 Å². The molecule has 0 aromatic carbocycles. The molecule has 2 heteroatoms. The van der Waals surface area contributed by atoms with Crippen molar-refractivity contribution in [3.8, 4) is 0 Å². The van der Waals surface area contributed by atoms with E-state index in [1.165, 1.54) is 38.6 Å². The lowest BCUT2D eigenvalue weighted by molar-refractivity contribution is -0.123. The van der Waals surface area contributed by atoms with Crippen molar-refractivity contribution in [2.75, 3.05) is 19.6 Å². The van der Waals surface area contributed by atoms with E-state index in [0.717, 1.165) is 38.3 Å². The summed E-state index contributed by atoms with van der Waals surface area (Å²) in [5.41, 5.74) is 0. The van der Waals surface area contributed by atoms with Gasteiger partial charge in [-0.05, 0) is 38.1 Å².